The van der Waals surface area contributed by atoms with Gasteiger partial charge in [0.2, 0.25) is 0 Å². The van der Waals surface area contributed by atoms with Crippen LogP contribution in [0.3, 0.4) is 0 Å². The highest BCUT2D eigenvalue weighted by Crippen LogP contribution is 2.29. The molecule has 1 rings (SSSR count). The molecule has 0 saturated heterocycles. The molecular formula is C10H14F3N3OS. The van der Waals surface area contributed by atoms with Crippen LogP contribution in [-0.2, 0) is 0 Å². The van der Waals surface area contributed by atoms with E-state index in [-0.39, 0.29) is 35.5 Å². The summed E-state index contributed by atoms with van der Waals surface area (Å²) < 4.78 is 35.6. The van der Waals surface area contributed by atoms with E-state index < -0.39 is 5.51 Å². The SMILES string of the molecule is CC(C)c1nc(NCCSC(F)(F)F)cc(=O)[nH]1. The monoisotopic (exact) mass is 281 g/mol. The number of rotatable bonds is 5. The number of alkyl halides is 3. The number of nitrogens with zero attached hydrogens (tertiary/aromatic N) is 1. The van der Waals surface area contributed by atoms with Crippen molar-refractivity contribution in [2.24, 2.45) is 0 Å². The lowest BCUT2D eigenvalue weighted by Crippen LogP contribution is -2.16. The molecule has 0 fully saturated rings. The van der Waals surface area contributed by atoms with Crippen molar-refractivity contribution in [2.75, 3.05) is 17.6 Å². The fraction of sp³-hybridized carbons (Fsp3) is 0.600. The van der Waals surface area contributed by atoms with Gasteiger partial charge >= 0.3 is 5.51 Å². The van der Waals surface area contributed by atoms with Crippen molar-refractivity contribution in [1.82, 2.24) is 9.97 Å². The van der Waals surface area contributed by atoms with Gasteiger partial charge in [-0.15, -0.1) is 0 Å². The minimum Gasteiger partial charge on any atom is -0.369 e. The van der Waals surface area contributed by atoms with Crippen molar-refractivity contribution >= 4 is 17.6 Å². The maximum absolute atomic E-state index is 11.9. The minimum absolute atomic E-state index is 0.0454. The number of H-pyrrole nitrogens is 1. The molecule has 0 radical (unpaired) electrons. The zero-order chi connectivity index (χ0) is 13.8. The molecule has 0 aliphatic heterocycles. The first-order chi connectivity index (χ1) is 8.28. The van der Waals surface area contributed by atoms with Crippen LogP contribution in [0.15, 0.2) is 10.9 Å². The van der Waals surface area contributed by atoms with Crippen LogP contribution in [0.25, 0.3) is 0 Å². The second-order valence-corrected chi connectivity index (χ2v) is 5.05. The number of halogens is 3. The highest BCUT2D eigenvalue weighted by atomic mass is 32.2. The van der Waals surface area contributed by atoms with E-state index in [1.165, 1.54) is 6.07 Å². The lowest BCUT2D eigenvalue weighted by molar-refractivity contribution is -0.0327. The second kappa shape index (κ2) is 6.12. The second-order valence-electron chi connectivity index (χ2n) is 3.89. The van der Waals surface area contributed by atoms with Crippen molar-refractivity contribution in [3.05, 3.63) is 22.2 Å². The maximum Gasteiger partial charge on any atom is 0.441 e. The summed E-state index contributed by atoms with van der Waals surface area (Å²) in [4.78, 5) is 18.0. The van der Waals surface area contributed by atoms with Crippen LogP contribution in [0, 0.1) is 0 Å². The first kappa shape index (κ1) is 14.9. The zero-order valence-corrected chi connectivity index (χ0v) is 10.8. The predicted octanol–water partition coefficient (Wildman–Crippen LogP) is 2.56. The normalized spacial score (nSPS) is 11.9. The van der Waals surface area contributed by atoms with Gasteiger partial charge in [-0.2, -0.15) is 13.2 Å². The molecule has 8 heteroatoms. The number of aromatic nitrogens is 2. The molecule has 1 aromatic rings. The molecule has 0 aliphatic rings. The van der Waals surface area contributed by atoms with E-state index in [1.807, 2.05) is 13.8 Å². The summed E-state index contributed by atoms with van der Waals surface area (Å²) in [7, 11) is 0. The number of anilines is 1. The first-order valence-electron chi connectivity index (χ1n) is 5.34. The number of hydrogen-bond donors (Lipinski definition) is 2. The van der Waals surface area contributed by atoms with Gasteiger partial charge < -0.3 is 10.3 Å². The van der Waals surface area contributed by atoms with Crippen molar-refractivity contribution in [3.8, 4) is 0 Å². The van der Waals surface area contributed by atoms with E-state index in [9.17, 15) is 18.0 Å². The molecule has 2 N–H and O–H groups in total. The van der Waals surface area contributed by atoms with Crippen molar-refractivity contribution in [1.29, 1.82) is 0 Å². The van der Waals surface area contributed by atoms with Gasteiger partial charge in [0.1, 0.15) is 11.6 Å². The molecule has 18 heavy (non-hydrogen) atoms. The number of hydrogen-bond acceptors (Lipinski definition) is 4. The van der Waals surface area contributed by atoms with Gasteiger partial charge in [0, 0.05) is 24.3 Å². The van der Waals surface area contributed by atoms with Crippen LogP contribution in [0.4, 0.5) is 19.0 Å². The van der Waals surface area contributed by atoms with Crippen molar-refractivity contribution in [2.45, 2.75) is 25.3 Å². The van der Waals surface area contributed by atoms with Crippen molar-refractivity contribution in [3.63, 3.8) is 0 Å². The van der Waals surface area contributed by atoms with Crippen molar-refractivity contribution < 1.29 is 13.2 Å². The summed E-state index contributed by atoms with van der Waals surface area (Å²) in [5, 5.41) is 2.70. The van der Waals surface area contributed by atoms with E-state index in [4.69, 9.17) is 0 Å². The van der Waals surface area contributed by atoms with Gasteiger partial charge in [-0.3, -0.25) is 4.79 Å². The average Bonchev–Trinajstić information content (AvgIpc) is 2.22. The fourth-order valence-electron chi connectivity index (χ4n) is 1.19. The lowest BCUT2D eigenvalue weighted by Gasteiger charge is -2.09. The van der Waals surface area contributed by atoms with Crippen LogP contribution < -0.4 is 10.9 Å². The third-order valence-corrected chi connectivity index (χ3v) is 2.72. The predicted molar refractivity (Wildman–Crippen MR) is 65.9 cm³/mol. The molecule has 0 saturated carbocycles. The summed E-state index contributed by atoms with van der Waals surface area (Å²) in [5.74, 6) is 0.720. The standard InChI is InChI=1S/C10H14F3N3OS/c1-6(2)9-15-7(5-8(17)16-9)14-3-4-18-10(11,12)13/h5-6H,3-4H2,1-2H3,(H2,14,15,16,17). The molecule has 0 aliphatic carbocycles. The largest absolute Gasteiger partial charge is 0.441 e. The highest BCUT2D eigenvalue weighted by Gasteiger charge is 2.27. The zero-order valence-electron chi connectivity index (χ0n) is 9.97. The Kier molecular flexibility index (Phi) is 5.06. The van der Waals surface area contributed by atoms with Gasteiger partial charge in [0.05, 0.1) is 0 Å². The van der Waals surface area contributed by atoms with Crippen LogP contribution in [0.1, 0.15) is 25.6 Å². The van der Waals surface area contributed by atoms with Gasteiger partial charge in [-0.25, -0.2) is 4.98 Å². The van der Waals surface area contributed by atoms with E-state index >= 15 is 0 Å². The van der Waals surface area contributed by atoms with Crippen LogP contribution in [-0.4, -0.2) is 27.8 Å². The van der Waals surface area contributed by atoms with E-state index in [0.29, 0.717) is 11.6 Å². The first-order valence-corrected chi connectivity index (χ1v) is 6.32. The summed E-state index contributed by atoms with van der Waals surface area (Å²) >= 11 is -0.109. The smallest absolute Gasteiger partial charge is 0.369 e. The molecule has 0 aromatic carbocycles. The number of thioether (sulfide) groups is 1. The fourth-order valence-corrected chi connectivity index (χ4v) is 1.62. The van der Waals surface area contributed by atoms with Crippen LogP contribution >= 0.6 is 11.8 Å². The van der Waals surface area contributed by atoms with Gasteiger partial charge in [-0.1, -0.05) is 13.8 Å². The third kappa shape index (κ3) is 5.44. The third-order valence-electron chi connectivity index (χ3n) is 1.98. The minimum atomic E-state index is -4.23. The van der Waals surface area contributed by atoms with Gasteiger partial charge in [-0.05, 0) is 11.8 Å². The highest BCUT2D eigenvalue weighted by molar-refractivity contribution is 8.00. The Morgan fingerprint density at radius 2 is 2.17 bits per heavy atom. The summed E-state index contributed by atoms with van der Waals surface area (Å²) in [5.41, 5.74) is -4.55. The topological polar surface area (TPSA) is 57.8 Å². The molecule has 0 unspecified atom stereocenters. The van der Waals surface area contributed by atoms with Crippen LogP contribution in [0.2, 0.25) is 0 Å². The van der Waals surface area contributed by atoms with E-state index in [0.717, 1.165) is 0 Å². The molecule has 0 bridgehead atoms. The summed E-state index contributed by atoms with van der Waals surface area (Å²) in [6.07, 6.45) is 0. The molecule has 1 aromatic heterocycles. The molecule has 1 heterocycles. The molecule has 0 atom stereocenters. The van der Waals surface area contributed by atoms with Gasteiger partial charge in [0.25, 0.3) is 5.56 Å². The quantitative estimate of drug-likeness (QED) is 0.814. The Bertz CT molecular complexity index is 445. The lowest BCUT2D eigenvalue weighted by atomic mass is 10.2. The summed E-state index contributed by atoms with van der Waals surface area (Å²) in [6, 6.07) is 1.23. The Morgan fingerprint density at radius 3 is 2.72 bits per heavy atom. The summed E-state index contributed by atoms with van der Waals surface area (Å²) in [6.45, 7) is 3.82. The van der Waals surface area contributed by atoms with E-state index in [2.05, 4.69) is 15.3 Å². The molecule has 0 spiro atoms. The number of aromatic amines is 1. The average molecular weight is 281 g/mol. The maximum atomic E-state index is 11.9. The molecule has 0 amide bonds. The van der Waals surface area contributed by atoms with E-state index in [1.54, 1.807) is 0 Å². The Labute approximate surface area is 106 Å². The Hall–Kier alpha value is -1.18. The molecule has 4 nitrogen and oxygen atoms in total. The molecular weight excluding hydrogens is 267 g/mol. The Balaban J connectivity index is 2.55. The van der Waals surface area contributed by atoms with Gasteiger partial charge in [0.15, 0.2) is 0 Å². The molecule has 102 valence electrons. The number of nitrogens with one attached hydrogen (secondary N) is 2. The Morgan fingerprint density at radius 1 is 1.50 bits per heavy atom. The van der Waals surface area contributed by atoms with Crippen LogP contribution in [0.5, 0.6) is 0 Å².